The van der Waals surface area contributed by atoms with E-state index < -0.39 is 0 Å². The van der Waals surface area contributed by atoms with Gasteiger partial charge in [-0.3, -0.25) is 4.98 Å². The number of nitrogens with zero attached hydrogens (tertiary/aromatic N) is 7. The Bertz CT molecular complexity index is 1250. The zero-order valence-corrected chi connectivity index (χ0v) is 14.3. The molecule has 0 atom stereocenters. The van der Waals surface area contributed by atoms with Crippen LogP contribution in [0.1, 0.15) is 11.1 Å². The Morgan fingerprint density at radius 3 is 2.69 bits per heavy atom. The second-order valence-electron chi connectivity index (χ2n) is 6.25. The molecule has 126 valence electrons. The first-order valence-electron chi connectivity index (χ1n) is 8.29. The third-order valence-electron chi connectivity index (χ3n) is 4.38. The molecule has 0 saturated heterocycles. The number of aryl methyl sites for hydroxylation is 2. The van der Waals surface area contributed by atoms with E-state index in [0.29, 0.717) is 11.5 Å². The van der Waals surface area contributed by atoms with Crippen molar-refractivity contribution < 1.29 is 0 Å². The number of hydrogen-bond donors (Lipinski definition) is 0. The Hall–Kier alpha value is -3.61. The monoisotopic (exact) mass is 341 g/mol. The predicted molar refractivity (Wildman–Crippen MR) is 98.1 cm³/mol. The van der Waals surface area contributed by atoms with Gasteiger partial charge in [0, 0.05) is 6.20 Å². The smallest absolute Gasteiger partial charge is 0.200 e. The van der Waals surface area contributed by atoms with Crippen molar-refractivity contribution in [1.82, 2.24) is 34.3 Å². The van der Waals surface area contributed by atoms with Crippen LogP contribution in [0, 0.1) is 13.8 Å². The van der Waals surface area contributed by atoms with Crippen molar-refractivity contribution in [3.05, 3.63) is 66.2 Å². The summed E-state index contributed by atoms with van der Waals surface area (Å²) in [4.78, 5) is 13.5. The minimum Gasteiger partial charge on any atom is -0.253 e. The molecule has 26 heavy (non-hydrogen) atoms. The standard InChI is InChI=1S/C19H15N7/c1-12-6-7-16(13(2)9-12)26-18-14(10-22-26)19-23-17(24-25(19)11-21-18)15-5-3-4-8-20-15/h3-11H,1-2H3. The maximum Gasteiger partial charge on any atom is 0.200 e. The molecule has 0 spiro atoms. The highest BCUT2D eigenvalue weighted by molar-refractivity contribution is 5.90. The van der Waals surface area contributed by atoms with Crippen molar-refractivity contribution in [2.45, 2.75) is 13.8 Å². The van der Waals surface area contributed by atoms with Crippen LogP contribution in [0.4, 0.5) is 0 Å². The molecule has 4 heterocycles. The average molecular weight is 341 g/mol. The zero-order valence-electron chi connectivity index (χ0n) is 14.3. The lowest BCUT2D eigenvalue weighted by atomic mass is 10.1. The molecule has 5 aromatic rings. The molecule has 0 radical (unpaired) electrons. The molecule has 0 bridgehead atoms. The summed E-state index contributed by atoms with van der Waals surface area (Å²) < 4.78 is 3.51. The van der Waals surface area contributed by atoms with Gasteiger partial charge in [-0.15, -0.1) is 5.10 Å². The molecule has 4 aromatic heterocycles. The van der Waals surface area contributed by atoms with E-state index >= 15 is 0 Å². The Morgan fingerprint density at radius 1 is 0.962 bits per heavy atom. The summed E-state index contributed by atoms with van der Waals surface area (Å²) in [5.74, 6) is 0.569. The van der Waals surface area contributed by atoms with Gasteiger partial charge in [-0.1, -0.05) is 23.8 Å². The van der Waals surface area contributed by atoms with Gasteiger partial charge < -0.3 is 0 Å². The van der Waals surface area contributed by atoms with Crippen molar-refractivity contribution in [2.75, 3.05) is 0 Å². The fourth-order valence-corrected chi connectivity index (χ4v) is 3.14. The molecule has 0 fully saturated rings. The number of aromatic nitrogens is 7. The topological polar surface area (TPSA) is 73.8 Å². The third-order valence-corrected chi connectivity index (χ3v) is 4.38. The molecular formula is C19H15N7. The van der Waals surface area contributed by atoms with Crippen LogP contribution in [0.5, 0.6) is 0 Å². The van der Waals surface area contributed by atoms with E-state index in [4.69, 9.17) is 0 Å². The van der Waals surface area contributed by atoms with Crippen molar-refractivity contribution in [2.24, 2.45) is 0 Å². The summed E-state index contributed by atoms with van der Waals surface area (Å²) in [7, 11) is 0. The minimum atomic E-state index is 0.569. The van der Waals surface area contributed by atoms with Gasteiger partial charge in [0.25, 0.3) is 0 Å². The van der Waals surface area contributed by atoms with Gasteiger partial charge in [0.2, 0.25) is 5.82 Å². The Labute approximate surface area is 149 Å². The van der Waals surface area contributed by atoms with Crippen LogP contribution in [0.25, 0.3) is 33.9 Å². The third kappa shape index (κ3) is 2.17. The van der Waals surface area contributed by atoms with Crippen molar-refractivity contribution in [3.63, 3.8) is 0 Å². The lowest BCUT2D eigenvalue weighted by Gasteiger charge is -2.07. The lowest BCUT2D eigenvalue weighted by molar-refractivity contribution is 0.875. The molecule has 0 aliphatic carbocycles. The van der Waals surface area contributed by atoms with E-state index in [0.717, 1.165) is 28.0 Å². The molecule has 0 unspecified atom stereocenters. The maximum absolute atomic E-state index is 4.65. The Kier molecular flexibility index (Phi) is 3.08. The van der Waals surface area contributed by atoms with Gasteiger partial charge in [-0.05, 0) is 37.6 Å². The molecule has 7 heteroatoms. The van der Waals surface area contributed by atoms with Gasteiger partial charge in [0.05, 0.1) is 17.3 Å². The van der Waals surface area contributed by atoms with E-state index in [9.17, 15) is 0 Å². The first-order valence-corrected chi connectivity index (χ1v) is 8.29. The largest absolute Gasteiger partial charge is 0.253 e. The number of hydrogen-bond acceptors (Lipinski definition) is 5. The maximum atomic E-state index is 4.65. The summed E-state index contributed by atoms with van der Waals surface area (Å²) in [6.07, 6.45) is 5.18. The second-order valence-corrected chi connectivity index (χ2v) is 6.25. The molecule has 5 rings (SSSR count). The average Bonchev–Trinajstić information content (AvgIpc) is 3.26. The Balaban J connectivity index is 1.72. The van der Waals surface area contributed by atoms with Crippen LogP contribution < -0.4 is 0 Å². The quantitative estimate of drug-likeness (QED) is 0.493. The first-order chi connectivity index (χ1) is 12.7. The van der Waals surface area contributed by atoms with Gasteiger partial charge in [-0.25, -0.2) is 19.2 Å². The lowest BCUT2D eigenvalue weighted by Crippen LogP contribution is -2.01. The number of fused-ring (bicyclic) bond motifs is 3. The summed E-state index contributed by atoms with van der Waals surface area (Å²) in [6, 6.07) is 11.9. The molecule has 0 aliphatic rings. The fourth-order valence-electron chi connectivity index (χ4n) is 3.14. The minimum absolute atomic E-state index is 0.569. The summed E-state index contributed by atoms with van der Waals surface area (Å²) in [5.41, 5.74) is 5.57. The van der Waals surface area contributed by atoms with E-state index in [1.54, 1.807) is 23.2 Å². The highest BCUT2D eigenvalue weighted by atomic mass is 15.3. The molecule has 1 aromatic carbocycles. The molecule has 7 nitrogen and oxygen atoms in total. The Morgan fingerprint density at radius 2 is 1.88 bits per heavy atom. The van der Waals surface area contributed by atoms with Crippen LogP contribution in [-0.4, -0.2) is 34.3 Å². The van der Waals surface area contributed by atoms with Crippen molar-refractivity contribution >= 4 is 16.7 Å². The predicted octanol–water partition coefficient (Wildman–Crippen LogP) is 3.14. The molecular weight excluding hydrogens is 326 g/mol. The summed E-state index contributed by atoms with van der Waals surface area (Å²) >= 11 is 0. The van der Waals surface area contributed by atoms with Crippen LogP contribution in [0.15, 0.2) is 55.1 Å². The van der Waals surface area contributed by atoms with Crippen LogP contribution in [0.3, 0.4) is 0 Å². The van der Waals surface area contributed by atoms with Crippen LogP contribution in [0.2, 0.25) is 0 Å². The fraction of sp³-hybridized carbons (Fsp3) is 0.105. The second kappa shape index (κ2) is 5.45. The normalized spacial score (nSPS) is 11.5. The van der Waals surface area contributed by atoms with E-state index in [1.807, 2.05) is 22.9 Å². The summed E-state index contributed by atoms with van der Waals surface area (Å²) in [6.45, 7) is 4.15. The molecule has 0 amide bonds. The highest BCUT2D eigenvalue weighted by Gasteiger charge is 2.15. The van der Waals surface area contributed by atoms with Crippen LogP contribution >= 0.6 is 0 Å². The van der Waals surface area contributed by atoms with Crippen molar-refractivity contribution in [1.29, 1.82) is 0 Å². The SMILES string of the molecule is Cc1ccc(-n2ncc3c2ncn2nc(-c4ccccn4)nc32)c(C)c1. The summed E-state index contributed by atoms with van der Waals surface area (Å²) in [5, 5.41) is 9.88. The molecule has 0 N–H and O–H groups in total. The zero-order chi connectivity index (χ0) is 17.7. The number of benzene rings is 1. The van der Waals surface area contributed by atoms with Crippen molar-refractivity contribution in [3.8, 4) is 17.2 Å². The molecule has 0 aliphatic heterocycles. The van der Waals surface area contributed by atoms with Gasteiger partial charge in [-0.2, -0.15) is 5.10 Å². The number of rotatable bonds is 2. The number of pyridine rings is 1. The van der Waals surface area contributed by atoms with Gasteiger partial charge >= 0.3 is 0 Å². The van der Waals surface area contributed by atoms with E-state index in [1.165, 1.54) is 5.56 Å². The van der Waals surface area contributed by atoms with E-state index in [-0.39, 0.29) is 0 Å². The highest BCUT2D eigenvalue weighted by Crippen LogP contribution is 2.23. The van der Waals surface area contributed by atoms with E-state index in [2.05, 4.69) is 57.2 Å². The van der Waals surface area contributed by atoms with Gasteiger partial charge in [0.1, 0.15) is 12.0 Å². The van der Waals surface area contributed by atoms with Gasteiger partial charge in [0.15, 0.2) is 11.3 Å². The first kappa shape index (κ1) is 14.7. The van der Waals surface area contributed by atoms with Crippen LogP contribution in [-0.2, 0) is 0 Å². The molecule has 0 saturated carbocycles.